The van der Waals surface area contributed by atoms with Crippen LogP contribution in [0, 0.1) is 0 Å². The maximum atomic E-state index is 12.5. The second-order valence-corrected chi connectivity index (χ2v) is 7.55. The topological polar surface area (TPSA) is 112 Å². The third-order valence-electron chi connectivity index (χ3n) is 3.55. The van der Waals surface area contributed by atoms with E-state index >= 15 is 0 Å². The summed E-state index contributed by atoms with van der Waals surface area (Å²) in [5.41, 5.74) is 11.9. The summed E-state index contributed by atoms with van der Waals surface area (Å²) in [6.45, 7) is 0. The Hall–Kier alpha value is -2.38. The molecule has 0 saturated carbocycles. The van der Waals surface area contributed by atoms with Gasteiger partial charge in [-0.15, -0.1) is 0 Å². The van der Waals surface area contributed by atoms with Gasteiger partial charge in [-0.1, -0.05) is 48.5 Å². The van der Waals surface area contributed by atoms with Crippen LogP contribution in [0.5, 0.6) is 0 Å². The number of hydrogen-bond acceptors (Lipinski definition) is 5. The summed E-state index contributed by atoms with van der Waals surface area (Å²) in [6.07, 6.45) is -1.39. The summed E-state index contributed by atoms with van der Waals surface area (Å²) in [4.78, 5) is 11.2. The molecule has 6 nitrogen and oxygen atoms in total. The zero-order chi connectivity index (χ0) is 17.6. The molecule has 0 aliphatic rings. The van der Waals surface area contributed by atoms with Crippen LogP contribution in [-0.2, 0) is 21.0 Å². The van der Waals surface area contributed by atoms with Gasteiger partial charge in [0.2, 0.25) is 0 Å². The minimum Gasteiger partial charge on any atom is -0.446 e. The maximum Gasteiger partial charge on any atom is 0.404 e. The molecule has 4 N–H and O–H groups in total. The number of ether oxygens (including phenoxy) is 1. The Labute approximate surface area is 141 Å². The molecular weight excluding hydrogens is 328 g/mol. The molecule has 0 aliphatic heterocycles. The lowest BCUT2D eigenvalue weighted by atomic mass is 10.1. The number of benzene rings is 2. The van der Waals surface area contributed by atoms with E-state index < -0.39 is 27.4 Å². The van der Waals surface area contributed by atoms with Crippen molar-refractivity contribution in [3.63, 3.8) is 0 Å². The number of carbonyl (C=O) groups excluding carboxylic acids is 1. The van der Waals surface area contributed by atoms with Crippen molar-refractivity contribution in [2.45, 2.75) is 29.2 Å². The van der Waals surface area contributed by atoms with E-state index in [-0.39, 0.29) is 11.3 Å². The third-order valence-corrected chi connectivity index (χ3v) is 5.47. The van der Waals surface area contributed by atoms with Gasteiger partial charge in [0.15, 0.2) is 9.84 Å². The van der Waals surface area contributed by atoms with Crippen molar-refractivity contribution in [2.75, 3.05) is 0 Å². The van der Waals surface area contributed by atoms with Gasteiger partial charge in [0.05, 0.1) is 4.90 Å². The molecule has 0 spiro atoms. The molecule has 0 heterocycles. The molecule has 2 aromatic rings. The highest BCUT2D eigenvalue weighted by Gasteiger charge is 2.28. The minimum absolute atomic E-state index is 0.0466. The van der Waals surface area contributed by atoms with Gasteiger partial charge in [0.25, 0.3) is 0 Å². The number of rotatable bonds is 7. The lowest BCUT2D eigenvalue weighted by Crippen LogP contribution is -2.37. The highest BCUT2D eigenvalue weighted by atomic mass is 32.2. The van der Waals surface area contributed by atoms with Crippen molar-refractivity contribution in [3.05, 3.63) is 66.2 Å². The molecule has 0 bridgehead atoms. The van der Waals surface area contributed by atoms with E-state index in [0.717, 1.165) is 5.56 Å². The summed E-state index contributed by atoms with van der Waals surface area (Å²) in [6, 6.07) is 17.2. The van der Waals surface area contributed by atoms with Crippen molar-refractivity contribution in [1.29, 1.82) is 0 Å². The smallest absolute Gasteiger partial charge is 0.404 e. The number of primary amides is 1. The monoisotopic (exact) mass is 348 g/mol. The third kappa shape index (κ3) is 4.81. The number of amides is 1. The lowest BCUT2D eigenvalue weighted by Gasteiger charge is -2.21. The van der Waals surface area contributed by atoms with Crippen LogP contribution < -0.4 is 11.5 Å². The van der Waals surface area contributed by atoms with E-state index in [1.165, 1.54) is 12.1 Å². The predicted octanol–water partition coefficient (Wildman–Crippen LogP) is 1.84. The summed E-state index contributed by atoms with van der Waals surface area (Å²) >= 11 is 0. The van der Waals surface area contributed by atoms with Crippen molar-refractivity contribution in [3.8, 4) is 0 Å². The van der Waals surface area contributed by atoms with Gasteiger partial charge in [-0.05, 0) is 17.7 Å². The number of sulfone groups is 1. The van der Waals surface area contributed by atoms with E-state index in [9.17, 15) is 13.2 Å². The SMILES string of the molecule is NC(=O)OC(Cc1ccccc1)CC(N)S(=O)(=O)c1ccccc1. The van der Waals surface area contributed by atoms with Crippen LogP contribution in [0.3, 0.4) is 0 Å². The normalized spacial score (nSPS) is 13.9. The van der Waals surface area contributed by atoms with Crippen LogP contribution in [-0.4, -0.2) is 26.0 Å². The molecule has 0 aromatic heterocycles. The highest BCUT2D eigenvalue weighted by Crippen LogP contribution is 2.19. The van der Waals surface area contributed by atoms with Gasteiger partial charge in [0.1, 0.15) is 11.5 Å². The molecule has 2 atom stereocenters. The van der Waals surface area contributed by atoms with E-state index in [1.54, 1.807) is 18.2 Å². The fourth-order valence-electron chi connectivity index (χ4n) is 2.39. The first-order valence-electron chi connectivity index (χ1n) is 7.44. The Morgan fingerprint density at radius 1 is 1.00 bits per heavy atom. The molecule has 24 heavy (non-hydrogen) atoms. The Balaban J connectivity index is 2.14. The minimum atomic E-state index is -3.72. The van der Waals surface area contributed by atoms with E-state index in [0.29, 0.717) is 6.42 Å². The van der Waals surface area contributed by atoms with Gasteiger partial charge in [0, 0.05) is 12.8 Å². The standard InChI is InChI=1S/C17H20N2O4S/c18-16(24(21,22)15-9-5-2-6-10-15)12-14(23-17(19)20)11-13-7-3-1-4-8-13/h1-10,14,16H,11-12,18H2,(H2,19,20). The van der Waals surface area contributed by atoms with E-state index in [4.69, 9.17) is 16.2 Å². The Morgan fingerprint density at radius 2 is 1.54 bits per heavy atom. The summed E-state index contributed by atoms with van der Waals surface area (Å²) < 4.78 is 30.1. The van der Waals surface area contributed by atoms with Crippen LogP contribution in [0.25, 0.3) is 0 Å². The fourth-order valence-corrected chi connectivity index (χ4v) is 3.74. The first kappa shape index (κ1) is 18.0. The molecular formula is C17H20N2O4S. The molecule has 128 valence electrons. The first-order chi connectivity index (χ1) is 11.4. The van der Waals surface area contributed by atoms with Gasteiger partial charge in [-0.2, -0.15) is 0 Å². The highest BCUT2D eigenvalue weighted by molar-refractivity contribution is 7.92. The van der Waals surface area contributed by atoms with Crippen LogP contribution in [0.1, 0.15) is 12.0 Å². The zero-order valence-electron chi connectivity index (χ0n) is 13.0. The van der Waals surface area contributed by atoms with Gasteiger partial charge in [-0.25, -0.2) is 13.2 Å². The molecule has 0 radical (unpaired) electrons. The van der Waals surface area contributed by atoms with Gasteiger partial charge < -0.3 is 16.2 Å². The average Bonchev–Trinajstić information content (AvgIpc) is 2.56. The molecule has 0 aliphatic carbocycles. The molecule has 2 aromatic carbocycles. The van der Waals surface area contributed by atoms with Crippen molar-refractivity contribution >= 4 is 15.9 Å². The van der Waals surface area contributed by atoms with Crippen LogP contribution in [0.2, 0.25) is 0 Å². The summed E-state index contributed by atoms with van der Waals surface area (Å²) in [5, 5.41) is -1.20. The Morgan fingerprint density at radius 3 is 2.08 bits per heavy atom. The largest absolute Gasteiger partial charge is 0.446 e. The molecule has 0 fully saturated rings. The predicted molar refractivity (Wildman–Crippen MR) is 90.8 cm³/mol. The fraction of sp³-hybridized carbons (Fsp3) is 0.235. The first-order valence-corrected chi connectivity index (χ1v) is 8.99. The number of nitrogens with two attached hydrogens (primary N) is 2. The second-order valence-electron chi connectivity index (χ2n) is 5.38. The van der Waals surface area contributed by atoms with Gasteiger partial charge in [-0.3, -0.25) is 0 Å². The number of carbonyl (C=O) groups is 1. The molecule has 2 unspecified atom stereocenters. The molecule has 7 heteroatoms. The summed E-state index contributed by atoms with van der Waals surface area (Å²) in [7, 11) is -3.72. The Bertz CT molecular complexity index is 764. The van der Waals surface area contributed by atoms with Crippen LogP contribution >= 0.6 is 0 Å². The maximum absolute atomic E-state index is 12.5. The van der Waals surface area contributed by atoms with E-state index in [1.807, 2.05) is 30.3 Å². The zero-order valence-corrected chi connectivity index (χ0v) is 13.9. The van der Waals surface area contributed by atoms with E-state index in [2.05, 4.69) is 0 Å². The quantitative estimate of drug-likeness (QED) is 0.793. The Kier molecular flexibility index (Phi) is 5.94. The number of hydrogen-bond donors (Lipinski definition) is 2. The van der Waals surface area contributed by atoms with Crippen molar-refractivity contribution in [1.82, 2.24) is 0 Å². The summed E-state index contributed by atoms with van der Waals surface area (Å²) in [5.74, 6) is 0. The van der Waals surface area contributed by atoms with Crippen LogP contribution in [0.15, 0.2) is 65.6 Å². The second kappa shape index (κ2) is 7.94. The van der Waals surface area contributed by atoms with Gasteiger partial charge >= 0.3 is 6.09 Å². The lowest BCUT2D eigenvalue weighted by molar-refractivity contribution is 0.101. The van der Waals surface area contributed by atoms with Crippen molar-refractivity contribution in [2.24, 2.45) is 11.5 Å². The molecule has 2 rings (SSSR count). The molecule has 1 amide bonds. The molecule has 0 saturated heterocycles. The van der Waals surface area contributed by atoms with Crippen molar-refractivity contribution < 1.29 is 17.9 Å². The average molecular weight is 348 g/mol. The van der Waals surface area contributed by atoms with Crippen LogP contribution in [0.4, 0.5) is 4.79 Å².